The molecule has 2 aromatic heterocycles. The fraction of sp³-hybridized carbons (Fsp3) is 0.346. The Morgan fingerprint density at radius 1 is 1.29 bits per heavy atom. The third-order valence-corrected chi connectivity index (χ3v) is 7.46. The van der Waals surface area contributed by atoms with Crippen molar-refractivity contribution >= 4 is 52.1 Å². The molecule has 1 unspecified atom stereocenters. The van der Waals surface area contributed by atoms with Crippen molar-refractivity contribution in [2.45, 2.75) is 30.4 Å². The predicted molar refractivity (Wildman–Crippen MR) is 142 cm³/mol. The predicted octanol–water partition coefficient (Wildman–Crippen LogP) is 3.37. The highest BCUT2D eigenvalue weighted by Gasteiger charge is 2.33. The van der Waals surface area contributed by atoms with Crippen LogP contribution >= 0.6 is 11.8 Å². The summed E-state index contributed by atoms with van der Waals surface area (Å²) in [7, 11) is 1.54. The Bertz CT molecular complexity index is 1390. The van der Waals surface area contributed by atoms with Crippen molar-refractivity contribution < 1.29 is 29.0 Å². The molecule has 0 saturated carbocycles. The Morgan fingerprint density at radius 3 is 2.97 bits per heavy atom. The molecule has 12 heteroatoms. The van der Waals surface area contributed by atoms with E-state index in [1.807, 2.05) is 29.2 Å². The van der Waals surface area contributed by atoms with Gasteiger partial charge in [0.15, 0.2) is 0 Å². The second kappa shape index (κ2) is 11.2. The number of benzene rings is 1. The number of ether oxygens (including phenoxy) is 2. The average molecular weight is 538 g/mol. The van der Waals surface area contributed by atoms with E-state index in [4.69, 9.17) is 9.47 Å². The molecule has 1 aromatic carbocycles. The van der Waals surface area contributed by atoms with Gasteiger partial charge in [0.25, 0.3) is 0 Å². The van der Waals surface area contributed by atoms with E-state index in [0.29, 0.717) is 66.5 Å². The Morgan fingerprint density at radius 2 is 2.16 bits per heavy atom. The Labute approximate surface area is 223 Å². The topological polar surface area (TPSA) is 134 Å². The summed E-state index contributed by atoms with van der Waals surface area (Å²) in [6.07, 6.45) is 2.15. The molecule has 2 aliphatic rings. The number of methoxy groups -OCH3 is 1. The van der Waals surface area contributed by atoms with Gasteiger partial charge in [0.05, 0.1) is 42.7 Å². The number of thioether (sulfide) groups is 1. The van der Waals surface area contributed by atoms with Gasteiger partial charge in [-0.2, -0.15) is 0 Å². The van der Waals surface area contributed by atoms with Gasteiger partial charge in [0.1, 0.15) is 6.10 Å². The zero-order valence-corrected chi connectivity index (χ0v) is 21.6. The number of rotatable bonds is 10. The Balaban J connectivity index is 1.21. The first kappa shape index (κ1) is 25.7. The summed E-state index contributed by atoms with van der Waals surface area (Å²) in [5.74, 6) is -0.155. The molecule has 3 aromatic rings. The molecular formula is C26H27N5O6S. The molecule has 0 bridgehead atoms. The number of carbonyl (C=O) groups excluding carboxylic acids is 2. The van der Waals surface area contributed by atoms with Crippen LogP contribution in [0.25, 0.3) is 11.0 Å². The van der Waals surface area contributed by atoms with Crippen LogP contribution in [0.1, 0.15) is 18.4 Å². The first-order chi connectivity index (χ1) is 18.4. The molecule has 2 N–H and O–H groups in total. The standard InChI is InChI=1S/C26H27N5O6S/c1-36-23-7-5-19-25(29-23)16(8-9-27-19)12-30(14-24(33)34)10-2-3-18-13-31(26(35)37-18)17-4-6-21-20(11-17)28-22(32)15-38-21/h4-9,11,18H,2-3,10,12-15H2,1H3,(H,28,32)(H,33,34). The number of pyridine rings is 2. The van der Waals surface area contributed by atoms with E-state index in [0.717, 1.165) is 10.5 Å². The quantitative estimate of drug-likeness (QED) is 0.396. The molecule has 5 rings (SSSR count). The fourth-order valence-corrected chi connectivity index (χ4v) is 5.40. The van der Waals surface area contributed by atoms with Crippen LogP contribution in [0.4, 0.5) is 16.2 Å². The van der Waals surface area contributed by atoms with E-state index in [1.54, 1.807) is 30.3 Å². The first-order valence-corrected chi connectivity index (χ1v) is 13.2. The number of fused-ring (bicyclic) bond motifs is 2. The second-order valence-electron chi connectivity index (χ2n) is 9.07. The van der Waals surface area contributed by atoms with Crippen LogP contribution in [0.2, 0.25) is 0 Å². The van der Waals surface area contributed by atoms with Crippen LogP contribution in [-0.4, -0.2) is 76.5 Å². The highest BCUT2D eigenvalue weighted by atomic mass is 32.2. The highest BCUT2D eigenvalue weighted by molar-refractivity contribution is 8.00. The lowest BCUT2D eigenvalue weighted by Gasteiger charge is -2.21. The van der Waals surface area contributed by atoms with Gasteiger partial charge < -0.3 is 19.9 Å². The van der Waals surface area contributed by atoms with E-state index in [2.05, 4.69) is 15.3 Å². The molecule has 0 radical (unpaired) electrons. The van der Waals surface area contributed by atoms with Crippen molar-refractivity contribution in [1.29, 1.82) is 0 Å². The zero-order valence-electron chi connectivity index (χ0n) is 20.8. The molecule has 0 aliphatic carbocycles. The summed E-state index contributed by atoms with van der Waals surface area (Å²) in [4.78, 5) is 49.1. The number of carboxylic acids is 1. The molecule has 198 valence electrons. The highest BCUT2D eigenvalue weighted by Crippen LogP contribution is 2.35. The van der Waals surface area contributed by atoms with Crippen molar-refractivity contribution in [3.05, 3.63) is 48.2 Å². The summed E-state index contributed by atoms with van der Waals surface area (Å²) < 4.78 is 10.8. The maximum Gasteiger partial charge on any atom is 0.414 e. The number of carbonyl (C=O) groups is 3. The van der Waals surface area contributed by atoms with E-state index in [1.165, 1.54) is 11.8 Å². The van der Waals surface area contributed by atoms with Gasteiger partial charge in [-0.1, -0.05) is 0 Å². The van der Waals surface area contributed by atoms with Crippen LogP contribution in [0.15, 0.2) is 47.5 Å². The number of aromatic nitrogens is 2. The third kappa shape index (κ3) is 5.81. The van der Waals surface area contributed by atoms with Crippen molar-refractivity contribution in [2.24, 2.45) is 0 Å². The summed E-state index contributed by atoms with van der Waals surface area (Å²) >= 11 is 1.46. The molecule has 1 atom stereocenters. The normalized spacial score (nSPS) is 16.9. The molecule has 11 nitrogen and oxygen atoms in total. The molecular weight excluding hydrogens is 510 g/mol. The summed E-state index contributed by atoms with van der Waals surface area (Å²) in [5.41, 5.74) is 3.59. The first-order valence-electron chi connectivity index (χ1n) is 12.2. The van der Waals surface area contributed by atoms with Crippen LogP contribution in [-0.2, 0) is 20.9 Å². The monoisotopic (exact) mass is 537 g/mol. The lowest BCUT2D eigenvalue weighted by atomic mass is 10.1. The zero-order chi connectivity index (χ0) is 26.6. The molecule has 2 amide bonds. The molecule has 38 heavy (non-hydrogen) atoms. The van der Waals surface area contributed by atoms with Crippen molar-refractivity contribution in [3.8, 4) is 5.88 Å². The smallest absolute Gasteiger partial charge is 0.414 e. The number of carboxylic acid groups (broad SMARTS) is 1. The lowest BCUT2D eigenvalue weighted by Crippen LogP contribution is -2.31. The second-order valence-corrected chi connectivity index (χ2v) is 10.1. The fourth-order valence-electron chi connectivity index (χ4n) is 4.61. The Hall–Kier alpha value is -3.90. The maximum atomic E-state index is 12.6. The Kier molecular flexibility index (Phi) is 7.61. The van der Waals surface area contributed by atoms with E-state index >= 15 is 0 Å². The minimum atomic E-state index is -0.926. The van der Waals surface area contributed by atoms with Gasteiger partial charge in [-0.25, -0.2) is 9.78 Å². The van der Waals surface area contributed by atoms with Crippen LogP contribution in [0.5, 0.6) is 5.88 Å². The summed E-state index contributed by atoms with van der Waals surface area (Å²) in [6, 6.07) is 10.9. The van der Waals surface area contributed by atoms with Gasteiger partial charge in [-0.15, -0.1) is 11.8 Å². The third-order valence-electron chi connectivity index (χ3n) is 6.39. The van der Waals surface area contributed by atoms with Crippen molar-refractivity contribution in [3.63, 3.8) is 0 Å². The molecule has 1 saturated heterocycles. The van der Waals surface area contributed by atoms with Gasteiger partial charge in [0.2, 0.25) is 11.8 Å². The van der Waals surface area contributed by atoms with Gasteiger partial charge >= 0.3 is 12.1 Å². The van der Waals surface area contributed by atoms with Crippen LogP contribution < -0.4 is 15.0 Å². The molecule has 1 fully saturated rings. The average Bonchev–Trinajstić information content (AvgIpc) is 3.27. The SMILES string of the molecule is COc1ccc2nccc(CN(CCCC3CN(c4ccc5c(c4)NC(=O)CS5)C(=O)O3)CC(=O)O)c2n1. The van der Waals surface area contributed by atoms with Gasteiger partial charge in [0, 0.05) is 29.4 Å². The van der Waals surface area contributed by atoms with E-state index in [9.17, 15) is 19.5 Å². The minimum absolute atomic E-state index is 0.0675. The number of anilines is 2. The maximum absolute atomic E-state index is 12.6. The number of nitrogens with zero attached hydrogens (tertiary/aromatic N) is 4. The lowest BCUT2D eigenvalue weighted by molar-refractivity contribution is -0.138. The number of cyclic esters (lactones) is 1. The number of hydrogen-bond acceptors (Lipinski definition) is 9. The van der Waals surface area contributed by atoms with E-state index in [-0.39, 0.29) is 18.6 Å². The number of hydrogen-bond donors (Lipinski definition) is 2. The van der Waals surface area contributed by atoms with Gasteiger partial charge in [-0.3, -0.25) is 24.4 Å². The number of nitrogens with one attached hydrogen (secondary N) is 1. The van der Waals surface area contributed by atoms with Crippen LogP contribution in [0.3, 0.4) is 0 Å². The van der Waals surface area contributed by atoms with Gasteiger partial charge in [-0.05, 0) is 55.3 Å². The molecule has 2 aliphatic heterocycles. The van der Waals surface area contributed by atoms with Crippen molar-refractivity contribution in [1.82, 2.24) is 14.9 Å². The number of aliphatic carboxylic acids is 1. The summed E-state index contributed by atoms with van der Waals surface area (Å²) in [6.45, 7) is 1.12. The van der Waals surface area contributed by atoms with Crippen molar-refractivity contribution in [2.75, 3.05) is 42.7 Å². The summed E-state index contributed by atoms with van der Waals surface area (Å²) in [5, 5.41) is 12.3. The number of amides is 2. The molecule has 4 heterocycles. The molecule has 0 spiro atoms. The largest absolute Gasteiger partial charge is 0.481 e. The van der Waals surface area contributed by atoms with Crippen LogP contribution in [0, 0.1) is 0 Å². The minimum Gasteiger partial charge on any atom is -0.481 e. The van der Waals surface area contributed by atoms with E-state index < -0.39 is 12.1 Å².